The Hall–Kier alpha value is -1.68. The third-order valence-electron chi connectivity index (χ3n) is 2.23. The van der Waals surface area contributed by atoms with Gasteiger partial charge in [-0.15, -0.1) is 5.10 Å². The summed E-state index contributed by atoms with van der Waals surface area (Å²) >= 11 is 0. The van der Waals surface area contributed by atoms with E-state index in [0.29, 0.717) is 6.54 Å². The minimum atomic E-state index is 0.0779. The molecule has 4 nitrogen and oxygen atoms in total. The van der Waals surface area contributed by atoms with Crippen molar-refractivity contribution >= 4 is 0 Å². The van der Waals surface area contributed by atoms with Crippen LogP contribution in [-0.4, -0.2) is 21.0 Å². The molecule has 1 unspecified atom stereocenters. The van der Waals surface area contributed by atoms with Crippen LogP contribution in [0.25, 0.3) is 0 Å². The molecule has 0 spiro atoms. The van der Waals surface area contributed by atoms with Gasteiger partial charge >= 0.3 is 0 Å². The van der Waals surface area contributed by atoms with E-state index in [-0.39, 0.29) is 6.04 Å². The molecule has 1 aromatic carbocycles. The van der Waals surface area contributed by atoms with Crippen molar-refractivity contribution in [1.82, 2.24) is 15.0 Å². The smallest absolute Gasteiger partial charge is 0.0692 e. The van der Waals surface area contributed by atoms with Crippen LogP contribution in [0.15, 0.2) is 42.7 Å². The maximum Gasteiger partial charge on any atom is 0.0692 e. The second kappa shape index (κ2) is 4.70. The lowest BCUT2D eigenvalue weighted by Crippen LogP contribution is -2.28. The van der Waals surface area contributed by atoms with Crippen LogP contribution >= 0.6 is 0 Å². The highest BCUT2D eigenvalue weighted by Gasteiger charge is 2.04. The quantitative estimate of drug-likeness (QED) is 0.799. The van der Waals surface area contributed by atoms with Gasteiger partial charge in [-0.25, -0.2) is 0 Å². The van der Waals surface area contributed by atoms with Crippen LogP contribution in [0.4, 0.5) is 0 Å². The predicted molar refractivity (Wildman–Crippen MR) is 58.1 cm³/mol. The standard InChI is InChI=1S/C11H14N4/c12-11(9-15-7-6-13-14-15)8-10-4-2-1-3-5-10/h1-7,11H,8-9,12H2. The molecule has 2 N–H and O–H groups in total. The Bertz CT molecular complexity index is 382. The average Bonchev–Trinajstić information content (AvgIpc) is 2.71. The molecule has 0 fully saturated rings. The van der Waals surface area contributed by atoms with Crippen LogP contribution in [0.1, 0.15) is 5.56 Å². The second-order valence-electron chi connectivity index (χ2n) is 3.57. The molecule has 4 heteroatoms. The zero-order valence-corrected chi connectivity index (χ0v) is 8.45. The van der Waals surface area contributed by atoms with E-state index >= 15 is 0 Å². The number of rotatable bonds is 4. The first kappa shape index (κ1) is 9.86. The minimum Gasteiger partial charge on any atom is -0.326 e. The van der Waals surface area contributed by atoms with Crippen molar-refractivity contribution in [3.8, 4) is 0 Å². The van der Waals surface area contributed by atoms with E-state index in [4.69, 9.17) is 5.73 Å². The Morgan fingerprint density at radius 2 is 2.07 bits per heavy atom. The van der Waals surface area contributed by atoms with E-state index in [0.717, 1.165) is 6.42 Å². The molecular formula is C11H14N4. The molecule has 0 aliphatic rings. The molecule has 0 radical (unpaired) electrons. The molecule has 1 aromatic heterocycles. The molecule has 0 bridgehead atoms. The highest BCUT2D eigenvalue weighted by atomic mass is 15.4. The molecule has 0 saturated carbocycles. The maximum atomic E-state index is 6.01. The normalized spacial score (nSPS) is 12.6. The van der Waals surface area contributed by atoms with Crippen molar-refractivity contribution in [1.29, 1.82) is 0 Å². The monoisotopic (exact) mass is 202 g/mol. The molecule has 1 heterocycles. The Balaban J connectivity index is 1.90. The Morgan fingerprint density at radius 3 is 2.73 bits per heavy atom. The summed E-state index contributed by atoms with van der Waals surface area (Å²) in [6.07, 6.45) is 4.35. The molecule has 2 rings (SSSR count). The Kier molecular flexibility index (Phi) is 3.09. The fourth-order valence-corrected chi connectivity index (χ4v) is 1.55. The molecular weight excluding hydrogens is 188 g/mol. The van der Waals surface area contributed by atoms with Gasteiger partial charge in [0.1, 0.15) is 0 Å². The van der Waals surface area contributed by atoms with E-state index in [1.165, 1.54) is 5.56 Å². The predicted octanol–water partition coefficient (Wildman–Crippen LogP) is 0.848. The number of aromatic nitrogens is 3. The zero-order chi connectivity index (χ0) is 10.5. The number of nitrogens with zero attached hydrogens (tertiary/aromatic N) is 3. The van der Waals surface area contributed by atoms with Gasteiger partial charge < -0.3 is 5.73 Å². The largest absolute Gasteiger partial charge is 0.326 e. The zero-order valence-electron chi connectivity index (χ0n) is 8.45. The molecule has 1 atom stereocenters. The molecule has 2 aromatic rings. The lowest BCUT2D eigenvalue weighted by molar-refractivity contribution is 0.496. The average molecular weight is 202 g/mol. The number of hydrogen-bond donors (Lipinski definition) is 1. The summed E-state index contributed by atoms with van der Waals surface area (Å²) in [5.74, 6) is 0. The van der Waals surface area contributed by atoms with Gasteiger partial charge in [-0.3, -0.25) is 4.68 Å². The summed E-state index contributed by atoms with van der Waals surface area (Å²) < 4.78 is 1.76. The minimum absolute atomic E-state index is 0.0779. The molecule has 15 heavy (non-hydrogen) atoms. The molecule has 0 amide bonds. The third kappa shape index (κ3) is 2.89. The number of nitrogens with two attached hydrogens (primary N) is 1. The number of benzene rings is 1. The van der Waals surface area contributed by atoms with Crippen LogP contribution < -0.4 is 5.73 Å². The second-order valence-corrected chi connectivity index (χ2v) is 3.57. The van der Waals surface area contributed by atoms with E-state index in [1.807, 2.05) is 24.4 Å². The molecule has 78 valence electrons. The van der Waals surface area contributed by atoms with Crippen molar-refractivity contribution in [3.05, 3.63) is 48.3 Å². The van der Waals surface area contributed by atoms with Gasteiger partial charge in [0.05, 0.1) is 12.7 Å². The van der Waals surface area contributed by atoms with Crippen molar-refractivity contribution in [2.75, 3.05) is 0 Å². The van der Waals surface area contributed by atoms with Crippen molar-refractivity contribution < 1.29 is 0 Å². The van der Waals surface area contributed by atoms with Crippen LogP contribution in [0.5, 0.6) is 0 Å². The maximum absolute atomic E-state index is 6.01. The van der Waals surface area contributed by atoms with Crippen LogP contribution in [0.3, 0.4) is 0 Å². The molecule has 0 saturated heterocycles. The van der Waals surface area contributed by atoms with Crippen molar-refractivity contribution in [2.24, 2.45) is 5.73 Å². The lowest BCUT2D eigenvalue weighted by atomic mass is 10.1. The van der Waals surface area contributed by atoms with E-state index in [9.17, 15) is 0 Å². The third-order valence-corrected chi connectivity index (χ3v) is 2.23. The Labute approximate surface area is 88.7 Å². The summed E-state index contributed by atoms with van der Waals surface area (Å²) in [6.45, 7) is 0.703. The number of hydrogen-bond acceptors (Lipinski definition) is 3. The van der Waals surface area contributed by atoms with Gasteiger partial charge in [0.25, 0.3) is 0 Å². The molecule has 0 aliphatic carbocycles. The van der Waals surface area contributed by atoms with Gasteiger partial charge in [0, 0.05) is 12.2 Å². The van der Waals surface area contributed by atoms with E-state index in [2.05, 4.69) is 22.4 Å². The lowest BCUT2D eigenvalue weighted by Gasteiger charge is -2.10. The highest BCUT2D eigenvalue weighted by Crippen LogP contribution is 2.02. The van der Waals surface area contributed by atoms with Gasteiger partial charge in [0.15, 0.2) is 0 Å². The highest BCUT2D eigenvalue weighted by molar-refractivity contribution is 5.15. The van der Waals surface area contributed by atoms with Gasteiger partial charge in [-0.05, 0) is 12.0 Å². The SMILES string of the molecule is NC(Cc1ccccc1)Cn1ccnn1. The van der Waals surface area contributed by atoms with E-state index in [1.54, 1.807) is 10.9 Å². The molecule has 0 aliphatic heterocycles. The topological polar surface area (TPSA) is 56.7 Å². The van der Waals surface area contributed by atoms with Crippen LogP contribution in [-0.2, 0) is 13.0 Å². The van der Waals surface area contributed by atoms with Gasteiger partial charge in [-0.2, -0.15) is 0 Å². The van der Waals surface area contributed by atoms with E-state index < -0.39 is 0 Å². The first-order chi connectivity index (χ1) is 7.34. The summed E-state index contributed by atoms with van der Waals surface area (Å²) in [5.41, 5.74) is 7.26. The van der Waals surface area contributed by atoms with Crippen LogP contribution in [0, 0.1) is 0 Å². The van der Waals surface area contributed by atoms with Crippen LogP contribution in [0.2, 0.25) is 0 Å². The first-order valence-corrected chi connectivity index (χ1v) is 4.98. The first-order valence-electron chi connectivity index (χ1n) is 4.98. The fraction of sp³-hybridized carbons (Fsp3) is 0.273. The van der Waals surface area contributed by atoms with Crippen molar-refractivity contribution in [2.45, 2.75) is 19.0 Å². The Morgan fingerprint density at radius 1 is 1.27 bits per heavy atom. The fourth-order valence-electron chi connectivity index (χ4n) is 1.55. The summed E-state index contributed by atoms with van der Waals surface area (Å²) in [6, 6.07) is 10.3. The van der Waals surface area contributed by atoms with Crippen molar-refractivity contribution in [3.63, 3.8) is 0 Å². The summed E-state index contributed by atoms with van der Waals surface area (Å²) in [7, 11) is 0. The summed E-state index contributed by atoms with van der Waals surface area (Å²) in [4.78, 5) is 0. The van der Waals surface area contributed by atoms with Gasteiger partial charge in [0.2, 0.25) is 0 Å². The van der Waals surface area contributed by atoms with Gasteiger partial charge in [-0.1, -0.05) is 35.5 Å². The summed E-state index contributed by atoms with van der Waals surface area (Å²) in [5, 5.41) is 7.62.